The molecule has 154 valence electrons. The highest BCUT2D eigenvalue weighted by Crippen LogP contribution is 2.16. The number of carbonyl (C=O) groups excluding carboxylic acids is 2. The second-order valence-electron chi connectivity index (χ2n) is 7.03. The van der Waals surface area contributed by atoms with Crippen LogP contribution >= 0.6 is 11.6 Å². The molecule has 0 unspecified atom stereocenters. The maximum Gasteiger partial charge on any atom is 0.317 e. The predicted molar refractivity (Wildman–Crippen MR) is 114 cm³/mol. The first-order valence-corrected chi connectivity index (χ1v) is 10.1. The van der Waals surface area contributed by atoms with E-state index in [9.17, 15) is 9.59 Å². The third-order valence-electron chi connectivity index (χ3n) is 4.89. The predicted octanol–water partition coefficient (Wildman–Crippen LogP) is 2.62. The van der Waals surface area contributed by atoms with Crippen LogP contribution in [-0.4, -0.2) is 66.5 Å². The summed E-state index contributed by atoms with van der Waals surface area (Å²) < 4.78 is 0. The van der Waals surface area contributed by atoms with E-state index in [-0.39, 0.29) is 11.9 Å². The quantitative estimate of drug-likeness (QED) is 0.787. The Morgan fingerprint density at radius 2 is 1.83 bits per heavy atom. The molecular formula is C21H26ClN5O2. The summed E-state index contributed by atoms with van der Waals surface area (Å²) >= 11 is 5.88. The number of carbonyl (C=O) groups is 2. The van der Waals surface area contributed by atoms with Crippen molar-refractivity contribution in [2.45, 2.75) is 13.0 Å². The Morgan fingerprint density at radius 3 is 2.48 bits per heavy atom. The summed E-state index contributed by atoms with van der Waals surface area (Å²) in [5, 5.41) is 3.43. The molecule has 0 radical (unpaired) electrons. The van der Waals surface area contributed by atoms with Crippen LogP contribution in [0.1, 0.15) is 12.0 Å². The van der Waals surface area contributed by atoms with E-state index >= 15 is 0 Å². The summed E-state index contributed by atoms with van der Waals surface area (Å²) in [5.41, 5.74) is 1.06. The SMILES string of the molecule is CN(Cc1ccccc1)C(=O)NCCC(=O)N1CCN(c2ccc(Cl)cn2)CC1. The van der Waals surface area contributed by atoms with Gasteiger partial charge < -0.3 is 20.0 Å². The van der Waals surface area contributed by atoms with Crippen molar-refractivity contribution in [1.82, 2.24) is 20.1 Å². The van der Waals surface area contributed by atoms with Gasteiger partial charge in [-0.25, -0.2) is 9.78 Å². The minimum Gasteiger partial charge on any atom is -0.353 e. The molecule has 2 heterocycles. The summed E-state index contributed by atoms with van der Waals surface area (Å²) in [6.07, 6.45) is 1.93. The van der Waals surface area contributed by atoms with Crippen LogP contribution in [0.2, 0.25) is 5.02 Å². The Bertz CT molecular complexity index is 808. The molecule has 0 atom stereocenters. The van der Waals surface area contributed by atoms with E-state index in [1.807, 2.05) is 47.4 Å². The van der Waals surface area contributed by atoms with E-state index < -0.39 is 0 Å². The number of urea groups is 1. The second kappa shape index (κ2) is 10.1. The van der Waals surface area contributed by atoms with Gasteiger partial charge in [0.1, 0.15) is 5.82 Å². The van der Waals surface area contributed by atoms with Crippen LogP contribution in [0, 0.1) is 0 Å². The number of halogens is 1. The zero-order valence-corrected chi connectivity index (χ0v) is 17.3. The molecule has 1 aromatic heterocycles. The smallest absolute Gasteiger partial charge is 0.317 e. The van der Waals surface area contributed by atoms with Gasteiger partial charge in [0.2, 0.25) is 5.91 Å². The minimum atomic E-state index is -0.180. The number of rotatable bonds is 6. The number of hydrogen-bond donors (Lipinski definition) is 1. The van der Waals surface area contributed by atoms with E-state index in [0.29, 0.717) is 37.6 Å². The molecule has 1 aliphatic rings. The Morgan fingerprint density at radius 1 is 1.10 bits per heavy atom. The van der Waals surface area contributed by atoms with Gasteiger partial charge in [0.25, 0.3) is 0 Å². The van der Waals surface area contributed by atoms with E-state index in [2.05, 4.69) is 15.2 Å². The van der Waals surface area contributed by atoms with Crippen molar-refractivity contribution in [3.63, 3.8) is 0 Å². The average Bonchev–Trinajstić information content (AvgIpc) is 2.75. The number of pyridine rings is 1. The van der Waals surface area contributed by atoms with Crippen LogP contribution in [0.4, 0.5) is 10.6 Å². The molecule has 0 aliphatic carbocycles. The number of aromatic nitrogens is 1. The average molecular weight is 416 g/mol. The van der Waals surface area contributed by atoms with E-state index in [4.69, 9.17) is 11.6 Å². The highest BCUT2D eigenvalue weighted by molar-refractivity contribution is 6.30. The van der Waals surface area contributed by atoms with Crippen LogP contribution in [0.15, 0.2) is 48.7 Å². The van der Waals surface area contributed by atoms with Crippen molar-refractivity contribution in [1.29, 1.82) is 0 Å². The van der Waals surface area contributed by atoms with Crippen LogP contribution < -0.4 is 10.2 Å². The lowest BCUT2D eigenvalue weighted by Crippen LogP contribution is -2.49. The molecule has 1 saturated heterocycles. The van der Waals surface area contributed by atoms with Crippen LogP contribution in [0.25, 0.3) is 0 Å². The van der Waals surface area contributed by atoms with Gasteiger partial charge >= 0.3 is 6.03 Å². The van der Waals surface area contributed by atoms with E-state index in [0.717, 1.165) is 24.5 Å². The third kappa shape index (κ3) is 6.09. The zero-order valence-electron chi connectivity index (χ0n) is 16.6. The molecule has 1 N–H and O–H groups in total. The second-order valence-corrected chi connectivity index (χ2v) is 7.46. The first-order chi connectivity index (χ1) is 14.0. The number of piperazine rings is 1. The molecule has 1 aliphatic heterocycles. The van der Waals surface area contributed by atoms with Crippen molar-refractivity contribution < 1.29 is 9.59 Å². The van der Waals surface area contributed by atoms with Gasteiger partial charge in [0.15, 0.2) is 0 Å². The Labute approximate surface area is 176 Å². The first kappa shape index (κ1) is 20.9. The topological polar surface area (TPSA) is 68.8 Å². The lowest BCUT2D eigenvalue weighted by Gasteiger charge is -2.35. The molecule has 3 amide bonds. The number of anilines is 1. The molecule has 3 rings (SSSR count). The fourth-order valence-electron chi connectivity index (χ4n) is 3.24. The van der Waals surface area contributed by atoms with Gasteiger partial charge in [-0.2, -0.15) is 0 Å². The molecule has 1 aromatic carbocycles. The Kier molecular flexibility index (Phi) is 7.30. The van der Waals surface area contributed by atoms with E-state index in [1.165, 1.54) is 0 Å². The maximum absolute atomic E-state index is 12.4. The normalized spacial score (nSPS) is 13.9. The number of nitrogens with zero attached hydrogens (tertiary/aromatic N) is 4. The molecule has 7 nitrogen and oxygen atoms in total. The molecule has 1 fully saturated rings. The van der Waals surface area contributed by atoms with Crippen LogP contribution in [0.5, 0.6) is 0 Å². The van der Waals surface area contributed by atoms with Crippen LogP contribution in [0.3, 0.4) is 0 Å². The largest absolute Gasteiger partial charge is 0.353 e. The number of hydrogen-bond acceptors (Lipinski definition) is 4. The molecule has 0 saturated carbocycles. The number of benzene rings is 1. The van der Waals surface area contributed by atoms with Crippen molar-refractivity contribution in [2.24, 2.45) is 0 Å². The first-order valence-electron chi connectivity index (χ1n) is 9.70. The summed E-state index contributed by atoms with van der Waals surface area (Å²) in [5.74, 6) is 0.926. The molecule has 0 bridgehead atoms. The van der Waals surface area contributed by atoms with Crippen molar-refractivity contribution in [2.75, 3.05) is 44.7 Å². The monoisotopic (exact) mass is 415 g/mol. The standard InChI is InChI=1S/C21H26ClN5O2/c1-25(16-17-5-3-2-4-6-17)21(29)23-10-9-20(28)27-13-11-26(12-14-27)19-8-7-18(22)15-24-19/h2-8,15H,9-14,16H2,1H3,(H,23,29). The number of nitrogens with one attached hydrogen (secondary N) is 1. The zero-order chi connectivity index (χ0) is 20.6. The van der Waals surface area contributed by atoms with Crippen molar-refractivity contribution >= 4 is 29.4 Å². The lowest BCUT2D eigenvalue weighted by molar-refractivity contribution is -0.131. The highest BCUT2D eigenvalue weighted by atomic mass is 35.5. The molecule has 8 heteroatoms. The molecule has 0 spiro atoms. The summed E-state index contributed by atoms with van der Waals surface area (Å²) in [7, 11) is 1.74. The van der Waals surface area contributed by atoms with Crippen molar-refractivity contribution in [3.8, 4) is 0 Å². The summed E-state index contributed by atoms with van der Waals surface area (Å²) in [6, 6.07) is 13.3. The molecule has 2 aromatic rings. The lowest BCUT2D eigenvalue weighted by atomic mass is 10.2. The van der Waals surface area contributed by atoms with Gasteiger partial charge in [-0.3, -0.25) is 4.79 Å². The van der Waals surface area contributed by atoms with Gasteiger partial charge in [0.05, 0.1) is 5.02 Å². The fourth-order valence-corrected chi connectivity index (χ4v) is 3.35. The van der Waals surface area contributed by atoms with Crippen LogP contribution in [-0.2, 0) is 11.3 Å². The van der Waals surface area contributed by atoms with Gasteiger partial charge in [-0.05, 0) is 17.7 Å². The van der Waals surface area contributed by atoms with Gasteiger partial charge in [0, 0.05) is 58.9 Å². The van der Waals surface area contributed by atoms with E-state index in [1.54, 1.807) is 18.1 Å². The number of amides is 3. The summed E-state index contributed by atoms with van der Waals surface area (Å²) in [6.45, 7) is 3.60. The van der Waals surface area contributed by atoms with Crippen molar-refractivity contribution in [3.05, 3.63) is 59.2 Å². The Balaban J connectivity index is 1.36. The maximum atomic E-state index is 12.4. The summed E-state index contributed by atoms with van der Waals surface area (Å²) in [4.78, 5) is 34.5. The molecular weight excluding hydrogens is 390 g/mol. The minimum absolute atomic E-state index is 0.0553. The fraction of sp³-hybridized carbons (Fsp3) is 0.381. The highest BCUT2D eigenvalue weighted by Gasteiger charge is 2.21. The van der Waals surface area contributed by atoms with Gasteiger partial charge in [-0.1, -0.05) is 41.9 Å². The van der Waals surface area contributed by atoms with Gasteiger partial charge in [-0.15, -0.1) is 0 Å². The molecule has 29 heavy (non-hydrogen) atoms. The Hall–Kier alpha value is -2.80. The third-order valence-corrected chi connectivity index (χ3v) is 5.12.